The van der Waals surface area contributed by atoms with Crippen LogP contribution in [0.15, 0.2) is 0 Å². The molecule has 0 aromatic rings. The van der Waals surface area contributed by atoms with Gasteiger partial charge in [0.2, 0.25) is 0 Å². The Hall–Kier alpha value is -1.46. The molecule has 0 saturated heterocycles. The molecule has 0 rings (SSSR count). The summed E-state index contributed by atoms with van der Waals surface area (Å²) in [5.41, 5.74) is 6.06. The summed E-state index contributed by atoms with van der Waals surface area (Å²) in [5, 5.41) is 9.36. The lowest BCUT2D eigenvalue weighted by atomic mass is 10.1. The van der Waals surface area contributed by atoms with Crippen molar-refractivity contribution < 1.29 is 14.7 Å². The third-order valence-corrected chi connectivity index (χ3v) is 1.08. The molecule has 0 heterocycles. The van der Waals surface area contributed by atoms with Gasteiger partial charge in [0.1, 0.15) is 0 Å². The van der Waals surface area contributed by atoms with Crippen LogP contribution in [-0.4, -0.2) is 27.8 Å². The highest BCUT2D eigenvalue weighted by molar-refractivity contribution is 5.75. The predicted octanol–water partition coefficient (Wildman–Crippen LogP) is 0.348. The van der Waals surface area contributed by atoms with E-state index in [0.717, 1.165) is 5.01 Å². The van der Waals surface area contributed by atoms with Crippen molar-refractivity contribution in [3.8, 4) is 0 Å². The molecule has 0 spiro atoms. The molecule has 0 saturated carbocycles. The van der Waals surface area contributed by atoms with Gasteiger partial charge in [-0.3, -0.25) is 0 Å². The van der Waals surface area contributed by atoms with E-state index in [-0.39, 0.29) is 0 Å². The first-order valence-electron chi connectivity index (χ1n) is 3.34. The maximum Gasteiger partial charge on any atom is 0.426 e. The monoisotopic (exact) mass is 175 g/mol. The zero-order valence-electron chi connectivity index (χ0n) is 7.29. The third-order valence-electron chi connectivity index (χ3n) is 1.08. The maximum absolute atomic E-state index is 10.5. The lowest BCUT2D eigenvalue weighted by molar-refractivity contribution is 0.0738. The summed E-state index contributed by atoms with van der Waals surface area (Å²) in [4.78, 5) is 20.9. The molecule has 0 aliphatic rings. The van der Waals surface area contributed by atoms with Gasteiger partial charge in [-0.1, -0.05) is 0 Å². The molecular formula is C6H13N3O3. The van der Waals surface area contributed by atoms with Crippen LogP contribution in [-0.2, 0) is 0 Å². The van der Waals surface area contributed by atoms with Gasteiger partial charge in [-0.25, -0.2) is 20.0 Å². The molecule has 6 heteroatoms. The topological polar surface area (TPSA) is 95.7 Å². The SMILES string of the molecule is CC(C)(C)N(NC(N)=O)C(=O)O. The molecule has 0 fully saturated rings. The normalized spacial score (nSPS) is 10.6. The van der Waals surface area contributed by atoms with Crippen LogP contribution in [0.2, 0.25) is 0 Å². The number of hydrogen-bond donors (Lipinski definition) is 3. The highest BCUT2D eigenvalue weighted by atomic mass is 16.4. The summed E-state index contributed by atoms with van der Waals surface area (Å²) in [5.74, 6) is 0. The second kappa shape index (κ2) is 3.29. The van der Waals surface area contributed by atoms with Crippen LogP contribution >= 0.6 is 0 Å². The quantitative estimate of drug-likeness (QED) is 0.463. The minimum absolute atomic E-state index is 0.707. The summed E-state index contributed by atoms with van der Waals surface area (Å²) in [7, 11) is 0. The number of amides is 3. The first kappa shape index (κ1) is 10.5. The molecule has 4 N–H and O–H groups in total. The number of urea groups is 1. The molecule has 0 unspecified atom stereocenters. The second-order valence-corrected chi connectivity index (χ2v) is 3.26. The Bertz CT molecular complexity index is 197. The third kappa shape index (κ3) is 3.09. The zero-order valence-corrected chi connectivity index (χ0v) is 7.29. The van der Waals surface area contributed by atoms with Gasteiger partial charge in [-0.15, -0.1) is 0 Å². The number of rotatable bonds is 0. The van der Waals surface area contributed by atoms with Crippen molar-refractivity contribution in [2.75, 3.05) is 0 Å². The molecule has 0 aliphatic carbocycles. The van der Waals surface area contributed by atoms with Gasteiger partial charge < -0.3 is 10.8 Å². The van der Waals surface area contributed by atoms with Gasteiger partial charge in [-0.2, -0.15) is 0 Å². The second-order valence-electron chi connectivity index (χ2n) is 3.26. The first-order chi connectivity index (χ1) is 5.25. The smallest absolute Gasteiger partial charge is 0.426 e. The van der Waals surface area contributed by atoms with E-state index in [4.69, 9.17) is 10.8 Å². The van der Waals surface area contributed by atoms with E-state index in [0.29, 0.717) is 0 Å². The fraction of sp³-hybridized carbons (Fsp3) is 0.667. The van der Waals surface area contributed by atoms with Crippen LogP contribution in [0.3, 0.4) is 0 Å². The Morgan fingerprint density at radius 2 is 1.83 bits per heavy atom. The van der Waals surface area contributed by atoms with Crippen LogP contribution < -0.4 is 11.2 Å². The number of nitrogens with zero attached hydrogens (tertiary/aromatic N) is 1. The Kier molecular flexibility index (Phi) is 2.89. The number of primary amides is 1. The molecular weight excluding hydrogens is 162 g/mol. The number of carboxylic acid groups (broad SMARTS) is 1. The van der Waals surface area contributed by atoms with Gasteiger partial charge >= 0.3 is 12.1 Å². The van der Waals surface area contributed by atoms with E-state index in [1.165, 1.54) is 0 Å². The maximum atomic E-state index is 10.5. The van der Waals surface area contributed by atoms with Gasteiger partial charge in [0.05, 0.1) is 5.54 Å². The standard InChI is InChI=1S/C6H13N3O3/c1-6(2,3)9(5(11)12)8-4(7)10/h1-3H3,(H,11,12)(H3,7,8,10). The summed E-state index contributed by atoms with van der Waals surface area (Å²) >= 11 is 0. The number of carbonyl (C=O) groups is 2. The Morgan fingerprint density at radius 3 is 1.92 bits per heavy atom. The van der Waals surface area contributed by atoms with Crippen LogP contribution in [0.25, 0.3) is 0 Å². The average molecular weight is 175 g/mol. The molecule has 0 aromatic heterocycles. The average Bonchev–Trinajstić information content (AvgIpc) is 1.79. The molecule has 0 bridgehead atoms. The zero-order chi connectivity index (χ0) is 9.94. The van der Waals surface area contributed by atoms with E-state index >= 15 is 0 Å². The van der Waals surface area contributed by atoms with E-state index < -0.39 is 17.7 Å². The van der Waals surface area contributed by atoms with Crippen LogP contribution in [0.4, 0.5) is 9.59 Å². The molecule has 12 heavy (non-hydrogen) atoms. The van der Waals surface area contributed by atoms with Gasteiger partial charge in [0.15, 0.2) is 0 Å². The van der Waals surface area contributed by atoms with Crippen molar-refractivity contribution in [1.29, 1.82) is 0 Å². The molecule has 3 amide bonds. The van der Waals surface area contributed by atoms with Crippen molar-refractivity contribution in [3.05, 3.63) is 0 Å². The lowest BCUT2D eigenvalue weighted by Gasteiger charge is -2.31. The van der Waals surface area contributed by atoms with Crippen molar-refractivity contribution in [2.24, 2.45) is 5.73 Å². The highest BCUT2D eigenvalue weighted by Crippen LogP contribution is 2.09. The largest absolute Gasteiger partial charge is 0.464 e. The lowest BCUT2D eigenvalue weighted by Crippen LogP contribution is -2.56. The van der Waals surface area contributed by atoms with Gasteiger partial charge in [0.25, 0.3) is 0 Å². The summed E-state index contributed by atoms with van der Waals surface area (Å²) < 4.78 is 0. The Balaban J connectivity index is 4.46. The molecule has 0 aromatic carbocycles. The van der Waals surface area contributed by atoms with Crippen molar-refractivity contribution >= 4 is 12.1 Å². The molecule has 70 valence electrons. The molecule has 6 nitrogen and oxygen atoms in total. The number of nitrogens with two attached hydrogens (primary N) is 1. The fourth-order valence-electron chi connectivity index (χ4n) is 0.613. The van der Waals surface area contributed by atoms with Crippen LogP contribution in [0.5, 0.6) is 0 Å². The first-order valence-corrected chi connectivity index (χ1v) is 3.34. The van der Waals surface area contributed by atoms with E-state index in [2.05, 4.69) is 0 Å². The Labute approximate surface area is 70.3 Å². The highest BCUT2D eigenvalue weighted by Gasteiger charge is 2.27. The number of hydrazine groups is 1. The van der Waals surface area contributed by atoms with E-state index in [9.17, 15) is 9.59 Å². The summed E-state index contributed by atoms with van der Waals surface area (Å²) in [6, 6.07) is -0.896. The van der Waals surface area contributed by atoms with Crippen molar-refractivity contribution in [1.82, 2.24) is 10.4 Å². The fourth-order valence-corrected chi connectivity index (χ4v) is 0.613. The van der Waals surface area contributed by atoms with Crippen molar-refractivity contribution in [3.63, 3.8) is 0 Å². The van der Waals surface area contributed by atoms with Gasteiger partial charge in [0, 0.05) is 0 Å². The molecule has 0 atom stereocenters. The summed E-state index contributed by atoms with van der Waals surface area (Å²) in [6.07, 6.45) is -1.25. The molecule has 0 radical (unpaired) electrons. The summed E-state index contributed by atoms with van der Waals surface area (Å²) in [6.45, 7) is 4.91. The number of hydrogen-bond acceptors (Lipinski definition) is 2. The minimum atomic E-state index is -1.25. The minimum Gasteiger partial charge on any atom is -0.464 e. The van der Waals surface area contributed by atoms with Gasteiger partial charge in [-0.05, 0) is 20.8 Å². The van der Waals surface area contributed by atoms with Crippen molar-refractivity contribution in [2.45, 2.75) is 26.3 Å². The van der Waals surface area contributed by atoms with Crippen LogP contribution in [0.1, 0.15) is 20.8 Å². The predicted molar refractivity (Wildman–Crippen MR) is 42.3 cm³/mol. The molecule has 0 aliphatic heterocycles. The van der Waals surface area contributed by atoms with Crippen LogP contribution in [0, 0.1) is 0 Å². The van der Waals surface area contributed by atoms with E-state index in [1.54, 1.807) is 20.8 Å². The Morgan fingerprint density at radius 1 is 1.42 bits per heavy atom. The number of nitrogens with one attached hydrogen (secondary N) is 1. The van der Waals surface area contributed by atoms with E-state index in [1.807, 2.05) is 5.43 Å². The number of carbonyl (C=O) groups excluding carboxylic acids is 1.